The zero-order chi connectivity index (χ0) is 22.6. The van der Waals surface area contributed by atoms with Crippen LogP contribution in [0.4, 0.5) is 0 Å². The number of hydrogen-bond donors (Lipinski definition) is 1. The van der Waals surface area contributed by atoms with Gasteiger partial charge in [0, 0.05) is 36.3 Å². The summed E-state index contributed by atoms with van der Waals surface area (Å²) in [5, 5.41) is 7.22. The summed E-state index contributed by atoms with van der Waals surface area (Å²) < 4.78 is 37.5. The molecule has 0 spiro atoms. The summed E-state index contributed by atoms with van der Waals surface area (Å²) in [6.45, 7) is 1.66. The fourth-order valence-corrected chi connectivity index (χ4v) is 5.07. The zero-order valence-corrected chi connectivity index (χ0v) is 18.7. The summed E-state index contributed by atoms with van der Waals surface area (Å²) in [5.74, 6) is -0.104. The highest BCUT2D eigenvalue weighted by molar-refractivity contribution is 7.88. The van der Waals surface area contributed by atoms with E-state index in [0.717, 1.165) is 11.1 Å². The lowest BCUT2D eigenvalue weighted by Gasteiger charge is -2.26. The molecule has 2 aromatic carbocycles. The third kappa shape index (κ3) is 5.36. The number of benzene rings is 2. The van der Waals surface area contributed by atoms with Gasteiger partial charge in [-0.2, -0.15) is 4.31 Å². The topological polar surface area (TPSA) is 102 Å². The molecule has 1 aliphatic rings. The first kappa shape index (κ1) is 22.5. The van der Waals surface area contributed by atoms with Crippen molar-refractivity contribution in [1.82, 2.24) is 14.8 Å². The number of sulfonamides is 1. The van der Waals surface area contributed by atoms with Crippen molar-refractivity contribution in [1.29, 1.82) is 0 Å². The maximum Gasteiger partial charge on any atom is 0.273 e. The molecule has 3 aromatic rings. The van der Waals surface area contributed by atoms with Crippen LogP contribution in [0.1, 0.15) is 21.6 Å². The van der Waals surface area contributed by atoms with Crippen LogP contribution in [0.5, 0.6) is 0 Å². The van der Waals surface area contributed by atoms with Crippen LogP contribution >= 0.6 is 11.6 Å². The molecule has 8 nitrogen and oxygen atoms in total. The molecule has 0 unspecified atom stereocenters. The molecular weight excluding hydrogens is 454 g/mol. The normalized spacial score (nSPS) is 14.9. The number of hydrogen-bond acceptors (Lipinski definition) is 6. The smallest absolute Gasteiger partial charge is 0.273 e. The van der Waals surface area contributed by atoms with Gasteiger partial charge in [-0.15, -0.1) is 0 Å². The van der Waals surface area contributed by atoms with E-state index < -0.39 is 15.9 Å². The van der Waals surface area contributed by atoms with Gasteiger partial charge in [0.2, 0.25) is 10.0 Å². The Kier molecular flexibility index (Phi) is 6.90. The van der Waals surface area contributed by atoms with Crippen molar-refractivity contribution < 1.29 is 22.5 Å². The third-order valence-corrected chi connectivity index (χ3v) is 7.21. The van der Waals surface area contributed by atoms with Crippen molar-refractivity contribution in [2.45, 2.75) is 12.3 Å². The molecule has 0 atom stereocenters. The molecule has 1 saturated heterocycles. The quantitative estimate of drug-likeness (QED) is 0.563. The Hall–Kier alpha value is -2.72. The van der Waals surface area contributed by atoms with Gasteiger partial charge in [0.1, 0.15) is 0 Å². The van der Waals surface area contributed by atoms with Gasteiger partial charge in [0.05, 0.1) is 19.0 Å². The number of halogens is 1. The van der Waals surface area contributed by atoms with Crippen molar-refractivity contribution in [2.75, 3.05) is 26.3 Å². The van der Waals surface area contributed by atoms with Crippen LogP contribution in [0.2, 0.25) is 5.02 Å². The first-order valence-corrected chi connectivity index (χ1v) is 12.0. The number of nitrogens with zero attached hydrogens (tertiary/aromatic N) is 2. The van der Waals surface area contributed by atoms with Crippen LogP contribution in [-0.2, 0) is 27.1 Å². The van der Waals surface area contributed by atoms with Crippen molar-refractivity contribution in [3.8, 4) is 11.3 Å². The minimum Gasteiger partial charge on any atom is -0.379 e. The van der Waals surface area contributed by atoms with Crippen LogP contribution in [0.25, 0.3) is 11.3 Å². The monoisotopic (exact) mass is 475 g/mol. The highest BCUT2D eigenvalue weighted by atomic mass is 35.5. The molecule has 10 heteroatoms. The minimum absolute atomic E-state index is 0.133. The Morgan fingerprint density at radius 3 is 2.47 bits per heavy atom. The summed E-state index contributed by atoms with van der Waals surface area (Å²) in [5.41, 5.74) is 2.24. The lowest BCUT2D eigenvalue weighted by Crippen LogP contribution is -2.41. The van der Waals surface area contributed by atoms with E-state index in [9.17, 15) is 13.2 Å². The summed E-state index contributed by atoms with van der Waals surface area (Å²) in [7, 11) is -3.48. The number of rotatable bonds is 7. The molecular formula is C22H22ClN3O5S. The minimum atomic E-state index is -3.48. The number of morpholine rings is 1. The van der Waals surface area contributed by atoms with Gasteiger partial charge in [-0.25, -0.2) is 8.42 Å². The lowest BCUT2D eigenvalue weighted by atomic mass is 10.1. The highest BCUT2D eigenvalue weighted by Crippen LogP contribution is 2.22. The molecule has 0 bridgehead atoms. The molecule has 4 rings (SSSR count). The number of carbonyl (C=O) groups is 1. The molecule has 1 amide bonds. The second kappa shape index (κ2) is 9.83. The van der Waals surface area contributed by atoms with Gasteiger partial charge in [-0.1, -0.05) is 41.0 Å². The third-order valence-electron chi connectivity index (χ3n) is 5.13. The number of aromatic nitrogens is 1. The Bertz CT molecular complexity index is 1190. The Labute approximate surface area is 191 Å². The molecule has 1 N–H and O–H groups in total. The van der Waals surface area contributed by atoms with Crippen LogP contribution in [0, 0.1) is 0 Å². The predicted octanol–water partition coefficient (Wildman–Crippen LogP) is 3.09. The fourth-order valence-electron chi connectivity index (χ4n) is 3.38. The van der Waals surface area contributed by atoms with Gasteiger partial charge in [0.25, 0.3) is 5.91 Å². The average Bonchev–Trinajstić information content (AvgIpc) is 3.30. The van der Waals surface area contributed by atoms with Crippen molar-refractivity contribution in [2.24, 2.45) is 0 Å². The van der Waals surface area contributed by atoms with Crippen LogP contribution in [0.3, 0.4) is 0 Å². The van der Waals surface area contributed by atoms with Crippen LogP contribution in [-0.4, -0.2) is 50.1 Å². The van der Waals surface area contributed by atoms with E-state index in [1.54, 1.807) is 54.6 Å². The van der Waals surface area contributed by atoms with E-state index in [2.05, 4.69) is 10.5 Å². The SMILES string of the molecule is O=C(NCc1ccccc1CS(=O)(=O)N1CCOCC1)c1cc(-c2ccc(Cl)cc2)on1. The Morgan fingerprint density at radius 1 is 1.06 bits per heavy atom. The van der Waals surface area contributed by atoms with Crippen LogP contribution < -0.4 is 5.32 Å². The fraction of sp³-hybridized carbons (Fsp3) is 0.273. The largest absolute Gasteiger partial charge is 0.379 e. The van der Waals surface area contributed by atoms with Crippen molar-refractivity contribution in [3.05, 3.63) is 76.4 Å². The highest BCUT2D eigenvalue weighted by Gasteiger charge is 2.25. The van der Waals surface area contributed by atoms with E-state index in [4.69, 9.17) is 20.9 Å². The first-order valence-electron chi connectivity index (χ1n) is 10.1. The Balaban J connectivity index is 1.42. The Morgan fingerprint density at radius 2 is 1.75 bits per heavy atom. The molecule has 0 radical (unpaired) electrons. The van der Waals surface area contributed by atoms with Crippen molar-refractivity contribution in [3.63, 3.8) is 0 Å². The van der Waals surface area contributed by atoms with Crippen molar-refractivity contribution >= 4 is 27.5 Å². The molecule has 1 aliphatic heterocycles. The first-order chi connectivity index (χ1) is 15.4. The summed E-state index contributed by atoms with van der Waals surface area (Å²) in [6, 6.07) is 15.7. The molecule has 1 aromatic heterocycles. The van der Waals surface area contributed by atoms with Gasteiger partial charge in [-0.3, -0.25) is 4.79 Å². The molecule has 2 heterocycles. The summed E-state index contributed by atoms with van der Waals surface area (Å²) >= 11 is 5.89. The van der Waals surface area contributed by atoms with E-state index in [-0.39, 0.29) is 18.0 Å². The molecule has 1 fully saturated rings. The second-order valence-electron chi connectivity index (χ2n) is 7.30. The van der Waals surface area contributed by atoms with Gasteiger partial charge < -0.3 is 14.6 Å². The number of nitrogens with one attached hydrogen (secondary N) is 1. The molecule has 0 aliphatic carbocycles. The van der Waals surface area contributed by atoms with Gasteiger partial charge in [-0.05, 0) is 35.4 Å². The summed E-state index contributed by atoms with van der Waals surface area (Å²) in [6.07, 6.45) is 0. The van der Waals surface area contributed by atoms with E-state index in [1.165, 1.54) is 4.31 Å². The predicted molar refractivity (Wildman–Crippen MR) is 120 cm³/mol. The van der Waals surface area contributed by atoms with Gasteiger partial charge in [0.15, 0.2) is 11.5 Å². The van der Waals surface area contributed by atoms with E-state index >= 15 is 0 Å². The number of amides is 1. The summed E-state index contributed by atoms with van der Waals surface area (Å²) in [4.78, 5) is 12.6. The second-order valence-corrected chi connectivity index (χ2v) is 9.71. The molecule has 0 saturated carbocycles. The molecule has 32 heavy (non-hydrogen) atoms. The molecule has 168 valence electrons. The zero-order valence-electron chi connectivity index (χ0n) is 17.2. The number of ether oxygens (including phenoxy) is 1. The standard InChI is InChI=1S/C22H22ClN3O5S/c23-19-7-5-16(6-8-19)21-13-20(25-31-21)22(27)24-14-17-3-1-2-4-18(17)15-32(28,29)26-9-11-30-12-10-26/h1-8,13H,9-12,14-15H2,(H,24,27). The van der Waals surface area contributed by atoms with E-state index in [1.807, 2.05) is 0 Å². The maximum atomic E-state index is 12.8. The maximum absolute atomic E-state index is 12.8. The lowest BCUT2D eigenvalue weighted by molar-refractivity contribution is 0.0729. The van der Waals surface area contributed by atoms with Gasteiger partial charge >= 0.3 is 0 Å². The number of carbonyl (C=O) groups excluding carboxylic acids is 1. The van der Waals surface area contributed by atoms with Crippen LogP contribution in [0.15, 0.2) is 59.1 Å². The van der Waals surface area contributed by atoms with E-state index in [0.29, 0.717) is 42.6 Å². The average molecular weight is 476 g/mol.